The molecule has 0 radical (unpaired) electrons. The van der Waals surface area contributed by atoms with Crippen molar-refractivity contribution in [3.63, 3.8) is 0 Å². The Balaban J connectivity index is 1.43. The number of nitrogens with zero attached hydrogens (tertiary/aromatic N) is 3. The van der Waals surface area contributed by atoms with Gasteiger partial charge in [-0.2, -0.15) is 5.10 Å². The molecule has 7 heteroatoms. The number of hydrogen-bond donors (Lipinski definition) is 2. The normalized spacial score (nSPS) is 16.5. The van der Waals surface area contributed by atoms with E-state index >= 15 is 0 Å². The summed E-state index contributed by atoms with van der Waals surface area (Å²) in [4.78, 5) is 27.6. The third-order valence-corrected chi connectivity index (χ3v) is 6.14. The zero-order valence-electron chi connectivity index (χ0n) is 19.0. The molecule has 7 nitrogen and oxygen atoms in total. The fourth-order valence-electron chi connectivity index (χ4n) is 4.41. The molecular formula is C26H31N5O2. The summed E-state index contributed by atoms with van der Waals surface area (Å²) in [6.07, 6.45) is 4.60. The molecule has 4 rings (SSSR count). The van der Waals surface area contributed by atoms with Gasteiger partial charge in [0.1, 0.15) is 0 Å². The van der Waals surface area contributed by atoms with E-state index in [9.17, 15) is 9.59 Å². The van der Waals surface area contributed by atoms with Gasteiger partial charge in [-0.1, -0.05) is 60.7 Å². The summed E-state index contributed by atoms with van der Waals surface area (Å²) in [6.45, 7) is 2.51. The first-order valence-electron chi connectivity index (χ1n) is 11.5. The summed E-state index contributed by atoms with van der Waals surface area (Å²) in [7, 11) is 1.87. The average Bonchev–Trinajstić information content (AvgIpc) is 3.25. The molecule has 1 atom stereocenters. The lowest BCUT2D eigenvalue weighted by atomic mass is 9.90. The maximum absolute atomic E-state index is 12.7. The first-order valence-corrected chi connectivity index (χ1v) is 11.5. The van der Waals surface area contributed by atoms with Gasteiger partial charge in [0.2, 0.25) is 11.8 Å². The largest absolute Gasteiger partial charge is 0.356 e. The van der Waals surface area contributed by atoms with Crippen LogP contribution >= 0.6 is 0 Å². The lowest BCUT2D eigenvalue weighted by molar-refractivity contribution is -0.134. The van der Waals surface area contributed by atoms with Gasteiger partial charge < -0.3 is 10.6 Å². The minimum absolute atomic E-state index is 0.0801. The molecule has 0 aliphatic carbocycles. The van der Waals surface area contributed by atoms with E-state index in [2.05, 4.69) is 44.9 Å². The molecule has 0 unspecified atom stereocenters. The van der Waals surface area contributed by atoms with E-state index in [1.165, 1.54) is 11.1 Å². The maximum Gasteiger partial charge on any atom is 0.237 e. The molecule has 3 aromatic rings. The minimum atomic E-state index is -0.480. The molecular weight excluding hydrogens is 414 g/mol. The highest BCUT2D eigenvalue weighted by molar-refractivity contribution is 5.88. The van der Waals surface area contributed by atoms with E-state index in [0.29, 0.717) is 26.1 Å². The van der Waals surface area contributed by atoms with Crippen LogP contribution in [0.4, 0.5) is 0 Å². The van der Waals surface area contributed by atoms with E-state index in [1.807, 2.05) is 49.6 Å². The van der Waals surface area contributed by atoms with Gasteiger partial charge in [-0.05, 0) is 23.1 Å². The number of rotatable bonds is 9. The monoisotopic (exact) mass is 445 g/mol. The van der Waals surface area contributed by atoms with Crippen molar-refractivity contribution in [2.24, 2.45) is 7.05 Å². The predicted molar refractivity (Wildman–Crippen MR) is 128 cm³/mol. The van der Waals surface area contributed by atoms with Gasteiger partial charge in [-0.3, -0.25) is 19.2 Å². The number of piperazine rings is 1. The topological polar surface area (TPSA) is 79.3 Å². The Morgan fingerprint density at radius 1 is 1.12 bits per heavy atom. The molecule has 2 aromatic carbocycles. The lowest BCUT2D eigenvalue weighted by Gasteiger charge is -2.37. The summed E-state index contributed by atoms with van der Waals surface area (Å²) in [5, 5.41) is 10.0. The van der Waals surface area contributed by atoms with Crippen LogP contribution in [0.5, 0.6) is 0 Å². The fraction of sp³-hybridized carbons (Fsp3) is 0.346. The Kier molecular flexibility index (Phi) is 7.52. The second kappa shape index (κ2) is 10.9. The van der Waals surface area contributed by atoms with Gasteiger partial charge >= 0.3 is 0 Å². The zero-order chi connectivity index (χ0) is 23.0. The zero-order valence-corrected chi connectivity index (χ0v) is 19.0. The van der Waals surface area contributed by atoms with Crippen molar-refractivity contribution in [1.29, 1.82) is 0 Å². The van der Waals surface area contributed by atoms with Gasteiger partial charge in [0.15, 0.2) is 0 Å². The molecule has 1 saturated heterocycles. The third-order valence-electron chi connectivity index (χ3n) is 6.14. The van der Waals surface area contributed by atoms with Crippen LogP contribution in [0.2, 0.25) is 0 Å². The van der Waals surface area contributed by atoms with Crippen LogP contribution in [0.15, 0.2) is 73.1 Å². The minimum Gasteiger partial charge on any atom is -0.356 e. The first kappa shape index (κ1) is 22.7. The van der Waals surface area contributed by atoms with Crippen LogP contribution < -0.4 is 10.6 Å². The number of carbonyl (C=O) groups is 2. The van der Waals surface area contributed by atoms with Crippen LogP contribution in [0, 0.1) is 0 Å². The van der Waals surface area contributed by atoms with Crippen molar-refractivity contribution in [2.45, 2.75) is 24.8 Å². The number of aromatic nitrogens is 2. The Morgan fingerprint density at radius 2 is 1.79 bits per heavy atom. The predicted octanol–water partition coefficient (Wildman–Crippen LogP) is 2.10. The summed E-state index contributed by atoms with van der Waals surface area (Å²) < 4.78 is 1.75. The number of carbonyl (C=O) groups excluding carboxylic acids is 2. The smallest absolute Gasteiger partial charge is 0.237 e. The van der Waals surface area contributed by atoms with Crippen LogP contribution in [0.1, 0.15) is 29.0 Å². The lowest BCUT2D eigenvalue weighted by Crippen LogP contribution is -2.57. The maximum atomic E-state index is 12.7. The summed E-state index contributed by atoms with van der Waals surface area (Å²) >= 11 is 0. The first-order chi connectivity index (χ1) is 16.1. The summed E-state index contributed by atoms with van der Waals surface area (Å²) in [5.41, 5.74) is 3.48. The molecule has 172 valence electrons. The molecule has 0 saturated carbocycles. The Morgan fingerprint density at radius 3 is 2.39 bits per heavy atom. The van der Waals surface area contributed by atoms with Crippen LogP contribution in [-0.4, -0.2) is 58.7 Å². The average molecular weight is 446 g/mol. The molecule has 1 aliphatic rings. The third kappa shape index (κ3) is 6.08. The molecule has 2 amide bonds. The second-order valence-corrected chi connectivity index (χ2v) is 8.50. The van der Waals surface area contributed by atoms with E-state index < -0.39 is 6.04 Å². The summed E-state index contributed by atoms with van der Waals surface area (Å²) in [6, 6.07) is 20.2. The number of amides is 2. The quantitative estimate of drug-likeness (QED) is 0.529. The molecule has 1 fully saturated rings. The Hall–Kier alpha value is -3.45. The van der Waals surface area contributed by atoms with Gasteiger partial charge in [0, 0.05) is 45.3 Å². The molecule has 2 N–H and O–H groups in total. The van der Waals surface area contributed by atoms with Crippen LogP contribution in [-0.2, 0) is 23.1 Å². The van der Waals surface area contributed by atoms with E-state index in [1.54, 1.807) is 10.9 Å². The van der Waals surface area contributed by atoms with Gasteiger partial charge in [0.25, 0.3) is 0 Å². The van der Waals surface area contributed by atoms with Crippen LogP contribution in [0.25, 0.3) is 0 Å². The molecule has 2 heterocycles. The van der Waals surface area contributed by atoms with Crippen molar-refractivity contribution in [3.05, 3.63) is 89.7 Å². The van der Waals surface area contributed by atoms with E-state index in [4.69, 9.17) is 0 Å². The van der Waals surface area contributed by atoms with Crippen molar-refractivity contribution < 1.29 is 9.59 Å². The molecule has 33 heavy (non-hydrogen) atoms. The molecule has 1 aromatic heterocycles. The molecule has 1 aliphatic heterocycles. The van der Waals surface area contributed by atoms with E-state index in [0.717, 1.165) is 12.1 Å². The van der Waals surface area contributed by atoms with Crippen molar-refractivity contribution >= 4 is 11.8 Å². The van der Waals surface area contributed by atoms with E-state index in [-0.39, 0.29) is 24.2 Å². The number of hydrogen-bond acceptors (Lipinski definition) is 4. The Bertz CT molecular complexity index is 1010. The van der Waals surface area contributed by atoms with Gasteiger partial charge in [-0.25, -0.2) is 0 Å². The highest BCUT2D eigenvalue weighted by Gasteiger charge is 2.33. The van der Waals surface area contributed by atoms with Crippen molar-refractivity contribution in [3.8, 4) is 0 Å². The standard InChI is InChI=1S/C26H31N5O2/c1-30-18-20(17-29-30)12-13-27-25(32)16-24-26(33)28-14-15-31(24)19-23(21-8-4-2-5-9-21)22-10-6-3-7-11-22/h2-11,17-18,23-24H,12-16,19H2,1H3,(H,27,32)(H,28,33)/t24-/m1/s1. The molecule has 0 spiro atoms. The Labute approximate surface area is 194 Å². The summed E-state index contributed by atoms with van der Waals surface area (Å²) in [5.74, 6) is -0.0695. The van der Waals surface area contributed by atoms with Gasteiger partial charge in [-0.15, -0.1) is 0 Å². The highest BCUT2D eigenvalue weighted by atomic mass is 16.2. The number of aryl methyl sites for hydroxylation is 1. The highest BCUT2D eigenvalue weighted by Crippen LogP contribution is 2.27. The van der Waals surface area contributed by atoms with Gasteiger partial charge in [0.05, 0.1) is 18.7 Å². The number of benzene rings is 2. The van der Waals surface area contributed by atoms with Crippen LogP contribution in [0.3, 0.4) is 0 Å². The number of nitrogens with one attached hydrogen (secondary N) is 2. The van der Waals surface area contributed by atoms with Crippen molar-refractivity contribution in [1.82, 2.24) is 25.3 Å². The molecule has 0 bridgehead atoms. The second-order valence-electron chi connectivity index (χ2n) is 8.50. The van der Waals surface area contributed by atoms with Crippen molar-refractivity contribution in [2.75, 3.05) is 26.2 Å². The SMILES string of the molecule is Cn1cc(CCNC(=O)C[C@@H]2C(=O)NCCN2CC(c2ccccc2)c2ccccc2)cn1. The fourth-order valence-corrected chi connectivity index (χ4v) is 4.41.